The van der Waals surface area contributed by atoms with Crippen LogP contribution in [0.1, 0.15) is 30.4 Å². The summed E-state index contributed by atoms with van der Waals surface area (Å²) >= 11 is 0. The second kappa shape index (κ2) is 9.79. The molecule has 0 spiro atoms. The SMILES string of the molecule is CN1CCCC1CCOc1ccccc1CCc1ccccc1F.Cl. The molecule has 25 heavy (non-hydrogen) atoms. The fourth-order valence-electron chi connectivity index (χ4n) is 3.47. The average Bonchev–Trinajstić information content (AvgIpc) is 3.00. The fourth-order valence-corrected chi connectivity index (χ4v) is 3.47. The number of halogens is 2. The lowest BCUT2D eigenvalue weighted by molar-refractivity contribution is 0.232. The number of hydrogen-bond donors (Lipinski definition) is 0. The maximum absolute atomic E-state index is 13.8. The Kier molecular flexibility index (Phi) is 7.73. The van der Waals surface area contributed by atoms with Gasteiger partial charge in [0.15, 0.2) is 0 Å². The first-order valence-corrected chi connectivity index (χ1v) is 8.88. The molecule has 1 saturated heterocycles. The van der Waals surface area contributed by atoms with E-state index in [1.165, 1.54) is 25.5 Å². The first kappa shape index (κ1) is 19.7. The summed E-state index contributed by atoms with van der Waals surface area (Å²) in [6.07, 6.45) is 5.12. The normalized spacial score (nSPS) is 17.3. The van der Waals surface area contributed by atoms with E-state index >= 15 is 0 Å². The Morgan fingerprint density at radius 1 is 1.04 bits per heavy atom. The van der Waals surface area contributed by atoms with E-state index in [2.05, 4.69) is 18.0 Å². The first-order chi connectivity index (χ1) is 11.7. The van der Waals surface area contributed by atoms with Crippen LogP contribution in [0.15, 0.2) is 48.5 Å². The second-order valence-electron chi connectivity index (χ2n) is 6.61. The second-order valence-corrected chi connectivity index (χ2v) is 6.61. The molecule has 1 unspecified atom stereocenters. The number of ether oxygens (including phenoxy) is 1. The summed E-state index contributed by atoms with van der Waals surface area (Å²) in [7, 11) is 2.19. The van der Waals surface area contributed by atoms with Gasteiger partial charge in [0.2, 0.25) is 0 Å². The van der Waals surface area contributed by atoms with Crippen molar-refractivity contribution < 1.29 is 9.13 Å². The van der Waals surface area contributed by atoms with E-state index in [9.17, 15) is 4.39 Å². The average molecular weight is 364 g/mol. The van der Waals surface area contributed by atoms with Gasteiger partial charge in [-0.25, -0.2) is 4.39 Å². The molecule has 2 aromatic rings. The molecule has 1 aliphatic heterocycles. The van der Waals surface area contributed by atoms with Gasteiger partial charge >= 0.3 is 0 Å². The van der Waals surface area contributed by atoms with Crippen LogP contribution in [0.4, 0.5) is 4.39 Å². The van der Waals surface area contributed by atoms with Crippen LogP contribution in [0.5, 0.6) is 5.75 Å². The minimum atomic E-state index is -0.125. The Morgan fingerprint density at radius 3 is 2.44 bits per heavy atom. The van der Waals surface area contributed by atoms with Crippen molar-refractivity contribution in [3.63, 3.8) is 0 Å². The van der Waals surface area contributed by atoms with Crippen molar-refractivity contribution in [1.82, 2.24) is 4.90 Å². The molecular formula is C21H27ClFNO. The van der Waals surface area contributed by atoms with E-state index < -0.39 is 0 Å². The van der Waals surface area contributed by atoms with Crippen molar-refractivity contribution in [2.24, 2.45) is 0 Å². The molecule has 0 bridgehead atoms. The lowest BCUT2D eigenvalue weighted by Crippen LogP contribution is -2.26. The lowest BCUT2D eigenvalue weighted by Gasteiger charge is -2.20. The van der Waals surface area contributed by atoms with Crippen LogP contribution in [0.25, 0.3) is 0 Å². The summed E-state index contributed by atoms with van der Waals surface area (Å²) in [6.45, 7) is 1.94. The van der Waals surface area contributed by atoms with Gasteiger partial charge in [-0.2, -0.15) is 0 Å². The summed E-state index contributed by atoms with van der Waals surface area (Å²) in [5.74, 6) is 0.814. The molecule has 136 valence electrons. The van der Waals surface area contributed by atoms with Crippen LogP contribution < -0.4 is 4.74 Å². The van der Waals surface area contributed by atoms with Crippen molar-refractivity contribution in [1.29, 1.82) is 0 Å². The van der Waals surface area contributed by atoms with E-state index in [0.717, 1.165) is 36.3 Å². The van der Waals surface area contributed by atoms with Crippen LogP contribution >= 0.6 is 12.4 Å². The third-order valence-corrected chi connectivity index (χ3v) is 4.97. The molecule has 0 aliphatic carbocycles. The monoisotopic (exact) mass is 363 g/mol. The zero-order chi connectivity index (χ0) is 16.8. The molecular weight excluding hydrogens is 337 g/mol. The van der Waals surface area contributed by atoms with E-state index in [1.54, 1.807) is 6.07 Å². The predicted molar refractivity (Wildman–Crippen MR) is 103 cm³/mol. The fraction of sp³-hybridized carbons (Fsp3) is 0.429. The van der Waals surface area contributed by atoms with E-state index in [-0.39, 0.29) is 18.2 Å². The van der Waals surface area contributed by atoms with E-state index in [4.69, 9.17) is 4.74 Å². The topological polar surface area (TPSA) is 12.5 Å². The Balaban J connectivity index is 0.00000225. The largest absolute Gasteiger partial charge is 0.493 e. The zero-order valence-electron chi connectivity index (χ0n) is 14.8. The van der Waals surface area contributed by atoms with Crippen LogP contribution in [0.2, 0.25) is 0 Å². The number of benzene rings is 2. The molecule has 2 aromatic carbocycles. The van der Waals surface area contributed by atoms with Crippen molar-refractivity contribution >= 4 is 12.4 Å². The Hall–Kier alpha value is -1.58. The van der Waals surface area contributed by atoms with Crippen LogP contribution in [0.3, 0.4) is 0 Å². The summed E-state index contributed by atoms with van der Waals surface area (Å²) in [6, 6.07) is 15.8. The minimum absolute atomic E-state index is 0. The van der Waals surface area contributed by atoms with Crippen molar-refractivity contribution in [3.8, 4) is 5.75 Å². The molecule has 0 saturated carbocycles. The highest BCUT2D eigenvalue weighted by atomic mass is 35.5. The van der Waals surface area contributed by atoms with Crippen LogP contribution in [-0.2, 0) is 12.8 Å². The smallest absolute Gasteiger partial charge is 0.126 e. The highest BCUT2D eigenvalue weighted by molar-refractivity contribution is 5.85. The molecule has 1 fully saturated rings. The van der Waals surface area contributed by atoms with Crippen molar-refractivity contribution in [2.75, 3.05) is 20.2 Å². The third-order valence-electron chi connectivity index (χ3n) is 4.97. The molecule has 0 N–H and O–H groups in total. The van der Waals surface area contributed by atoms with Crippen LogP contribution in [-0.4, -0.2) is 31.1 Å². The molecule has 3 rings (SSSR count). The summed E-state index contributed by atoms with van der Waals surface area (Å²) < 4.78 is 19.8. The molecule has 0 radical (unpaired) electrons. The number of aryl methyl sites for hydroxylation is 2. The van der Waals surface area contributed by atoms with E-state index in [0.29, 0.717) is 12.5 Å². The lowest BCUT2D eigenvalue weighted by atomic mass is 10.0. The first-order valence-electron chi connectivity index (χ1n) is 8.88. The molecule has 2 nitrogen and oxygen atoms in total. The molecule has 1 atom stereocenters. The van der Waals surface area contributed by atoms with Gasteiger partial charge in [-0.1, -0.05) is 36.4 Å². The van der Waals surface area contributed by atoms with Gasteiger partial charge in [0.25, 0.3) is 0 Å². The van der Waals surface area contributed by atoms with Gasteiger partial charge < -0.3 is 9.64 Å². The van der Waals surface area contributed by atoms with Crippen molar-refractivity contribution in [3.05, 3.63) is 65.5 Å². The number of nitrogens with zero attached hydrogens (tertiary/aromatic N) is 1. The Labute approximate surface area is 156 Å². The quantitative estimate of drug-likeness (QED) is 0.694. The highest BCUT2D eigenvalue weighted by Crippen LogP contribution is 2.23. The molecule has 1 heterocycles. The number of hydrogen-bond acceptors (Lipinski definition) is 2. The number of para-hydroxylation sites is 1. The molecule has 0 aromatic heterocycles. The zero-order valence-corrected chi connectivity index (χ0v) is 15.6. The predicted octanol–water partition coefficient (Wildman–Crippen LogP) is 4.90. The minimum Gasteiger partial charge on any atom is -0.493 e. The van der Waals surface area contributed by atoms with Crippen molar-refractivity contribution in [2.45, 2.75) is 38.1 Å². The van der Waals surface area contributed by atoms with Gasteiger partial charge in [-0.3, -0.25) is 0 Å². The van der Waals surface area contributed by atoms with Gasteiger partial charge in [-0.15, -0.1) is 12.4 Å². The molecule has 0 amide bonds. The van der Waals surface area contributed by atoms with Gasteiger partial charge in [0.05, 0.1) is 6.61 Å². The maximum atomic E-state index is 13.8. The highest BCUT2D eigenvalue weighted by Gasteiger charge is 2.20. The van der Waals surface area contributed by atoms with Gasteiger partial charge in [0, 0.05) is 6.04 Å². The molecule has 4 heteroatoms. The number of likely N-dealkylation sites (tertiary alicyclic amines) is 1. The van der Waals surface area contributed by atoms with Gasteiger partial charge in [-0.05, 0) is 69.0 Å². The summed E-state index contributed by atoms with van der Waals surface area (Å²) in [5, 5.41) is 0. The summed E-state index contributed by atoms with van der Waals surface area (Å²) in [5.41, 5.74) is 1.92. The molecule has 1 aliphatic rings. The van der Waals surface area contributed by atoms with Crippen LogP contribution in [0, 0.1) is 5.82 Å². The third kappa shape index (κ3) is 5.45. The van der Waals surface area contributed by atoms with E-state index in [1.807, 2.05) is 30.3 Å². The maximum Gasteiger partial charge on any atom is 0.126 e. The standard InChI is InChI=1S/C21H26FNO.ClH/c1-23-15-6-9-19(23)14-16-24-21-11-5-3-8-18(21)13-12-17-7-2-4-10-20(17)22;/h2-5,7-8,10-11,19H,6,9,12-16H2,1H3;1H. The summed E-state index contributed by atoms with van der Waals surface area (Å²) in [4.78, 5) is 2.42. The Morgan fingerprint density at radius 2 is 1.72 bits per heavy atom. The Bertz CT molecular complexity index is 664. The van der Waals surface area contributed by atoms with Gasteiger partial charge in [0.1, 0.15) is 11.6 Å². The number of rotatable bonds is 7.